The molecule has 0 spiro atoms. The summed E-state index contributed by atoms with van der Waals surface area (Å²) in [6.07, 6.45) is 0.740. The first-order chi connectivity index (χ1) is 12.4. The van der Waals surface area contributed by atoms with Crippen LogP contribution in [0.25, 0.3) is 0 Å². The monoisotopic (exact) mass is 368 g/mol. The Morgan fingerprint density at radius 2 is 1.96 bits per heavy atom. The number of nitrogens with one attached hydrogen (secondary N) is 1. The highest BCUT2D eigenvalue weighted by molar-refractivity contribution is 5.31. The SMILES string of the molecule is FC(F)c1ccc(CN2CCC(CNc3ccncn3)C(F)(F)C2)cc1. The fraction of sp³-hybridized carbons (Fsp3) is 0.444. The van der Waals surface area contributed by atoms with E-state index in [2.05, 4.69) is 15.3 Å². The minimum atomic E-state index is -2.83. The minimum Gasteiger partial charge on any atom is -0.369 e. The van der Waals surface area contributed by atoms with Crippen LogP contribution in [0.15, 0.2) is 42.9 Å². The predicted molar refractivity (Wildman–Crippen MR) is 90.3 cm³/mol. The molecule has 8 heteroatoms. The van der Waals surface area contributed by atoms with Crippen molar-refractivity contribution in [3.05, 3.63) is 54.0 Å². The second-order valence-corrected chi connectivity index (χ2v) is 6.48. The molecule has 0 amide bonds. The molecule has 1 aromatic carbocycles. The van der Waals surface area contributed by atoms with E-state index in [1.165, 1.54) is 18.5 Å². The molecule has 1 atom stereocenters. The molecule has 2 aromatic rings. The van der Waals surface area contributed by atoms with Gasteiger partial charge in [-0.2, -0.15) is 0 Å². The molecule has 4 nitrogen and oxygen atoms in total. The van der Waals surface area contributed by atoms with E-state index >= 15 is 0 Å². The Labute approximate surface area is 149 Å². The van der Waals surface area contributed by atoms with Crippen LogP contribution in [0.2, 0.25) is 0 Å². The molecule has 26 heavy (non-hydrogen) atoms. The summed E-state index contributed by atoms with van der Waals surface area (Å²) in [6, 6.07) is 7.47. The van der Waals surface area contributed by atoms with Gasteiger partial charge in [-0.15, -0.1) is 0 Å². The lowest BCUT2D eigenvalue weighted by Gasteiger charge is -2.38. The van der Waals surface area contributed by atoms with Gasteiger partial charge in [0, 0.05) is 30.8 Å². The lowest BCUT2D eigenvalue weighted by molar-refractivity contribution is -0.108. The standard InChI is InChI=1S/C18H20F4N4/c19-17(20)14-3-1-13(2-4-14)10-26-8-6-15(18(21,22)11-26)9-24-16-5-7-23-12-25-16/h1-5,7,12,15,17H,6,8-11H2,(H,23,24,25). The van der Waals surface area contributed by atoms with Crippen LogP contribution >= 0.6 is 0 Å². The lowest BCUT2D eigenvalue weighted by atomic mass is 9.92. The second-order valence-electron chi connectivity index (χ2n) is 6.48. The van der Waals surface area contributed by atoms with E-state index in [4.69, 9.17) is 0 Å². The Bertz CT molecular complexity index is 694. The second kappa shape index (κ2) is 7.99. The summed E-state index contributed by atoms with van der Waals surface area (Å²) >= 11 is 0. The number of hydrogen-bond donors (Lipinski definition) is 1. The maximum absolute atomic E-state index is 14.5. The number of halogens is 4. The number of piperidine rings is 1. The fourth-order valence-electron chi connectivity index (χ4n) is 3.09. The smallest absolute Gasteiger partial charge is 0.265 e. The molecule has 0 saturated carbocycles. The Balaban J connectivity index is 1.54. The van der Waals surface area contributed by atoms with Gasteiger partial charge in [-0.3, -0.25) is 4.90 Å². The van der Waals surface area contributed by atoms with Crippen LogP contribution in [0.3, 0.4) is 0 Å². The number of anilines is 1. The van der Waals surface area contributed by atoms with Gasteiger partial charge >= 0.3 is 0 Å². The third-order valence-electron chi connectivity index (χ3n) is 4.57. The summed E-state index contributed by atoms with van der Waals surface area (Å²) in [4.78, 5) is 9.42. The predicted octanol–water partition coefficient (Wildman–Crippen LogP) is 3.98. The molecule has 0 bridgehead atoms. The van der Waals surface area contributed by atoms with Gasteiger partial charge in [0.25, 0.3) is 12.3 Å². The zero-order valence-electron chi connectivity index (χ0n) is 14.1. The van der Waals surface area contributed by atoms with Crippen LogP contribution < -0.4 is 5.32 Å². The van der Waals surface area contributed by atoms with Crippen molar-refractivity contribution in [3.63, 3.8) is 0 Å². The third-order valence-corrected chi connectivity index (χ3v) is 4.57. The molecule has 1 aromatic heterocycles. The van der Waals surface area contributed by atoms with Crippen LogP contribution in [0.4, 0.5) is 23.4 Å². The summed E-state index contributed by atoms with van der Waals surface area (Å²) in [7, 11) is 0. The molecule has 1 aliphatic rings. The van der Waals surface area contributed by atoms with Crippen molar-refractivity contribution < 1.29 is 17.6 Å². The number of likely N-dealkylation sites (tertiary alicyclic amines) is 1. The molecule has 1 fully saturated rings. The molecule has 3 rings (SSSR count). The Hall–Kier alpha value is -2.22. The van der Waals surface area contributed by atoms with E-state index in [9.17, 15) is 17.6 Å². The molecule has 1 saturated heterocycles. The zero-order chi connectivity index (χ0) is 18.6. The maximum Gasteiger partial charge on any atom is 0.265 e. The van der Waals surface area contributed by atoms with E-state index in [0.29, 0.717) is 25.3 Å². The maximum atomic E-state index is 14.5. The Morgan fingerprint density at radius 3 is 2.58 bits per heavy atom. The van der Waals surface area contributed by atoms with Gasteiger partial charge < -0.3 is 5.32 Å². The van der Waals surface area contributed by atoms with E-state index in [1.54, 1.807) is 29.3 Å². The number of nitrogens with zero attached hydrogens (tertiary/aromatic N) is 3. The van der Waals surface area contributed by atoms with Crippen molar-refractivity contribution in [1.29, 1.82) is 0 Å². The van der Waals surface area contributed by atoms with E-state index in [1.807, 2.05) is 0 Å². The highest BCUT2D eigenvalue weighted by Crippen LogP contribution is 2.33. The molecule has 1 unspecified atom stereocenters. The third kappa shape index (κ3) is 4.69. The van der Waals surface area contributed by atoms with Gasteiger partial charge in [0.15, 0.2) is 0 Å². The average Bonchev–Trinajstić information content (AvgIpc) is 2.62. The first-order valence-corrected chi connectivity index (χ1v) is 8.41. The largest absolute Gasteiger partial charge is 0.369 e. The van der Waals surface area contributed by atoms with Crippen LogP contribution in [0.5, 0.6) is 0 Å². The summed E-state index contributed by atoms with van der Waals surface area (Å²) in [6.45, 7) is 0.647. The van der Waals surface area contributed by atoms with Crippen molar-refractivity contribution in [1.82, 2.24) is 14.9 Å². The summed E-state index contributed by atoms with van der Waals surface area (Å²) in [5.41, 5.74) is 0.691. The molecule has 0 aliphatic carbocycles. The molecular formula is C18H20F4N4. The number of aromatic nitrogens is 2. The summed E-state index contributed by atoms with van der Waals surface area (Å²) in [5, 5.41) is 2.93. The van der Waals surface area contributed by atoms with Crippen LogP contribution in [0.1, 0.15) is 24.0 Å². The molecule has 2 heterocycles. The first-order valence-electron chi connectivity index (χ1n) is 8.41. The fourth-order valence-corrected chi connectivity index (χ4v) is 3.09. The molecule has 140 valence electrons. The van der Waals surface area contributed by atoms with Crippen molar-refractivity contribution in [2.24, 2.45) is 5.92 Å². The van der Waals surface area contributed by atoms with E-state index in [0.717, 1.165) is 5.56 Å². The topological polar surface area (TPSA) is 41.0 Å². The van der Waals surface area contributed by atoms with E-state index in [-0.39, 0.29) is 18.7 Å². The number of hydrogen-bond acceptors (Lipinski definition) is 4. The molecule has 0 radical (unpaired) electrons. The van der Waals surface area contributed by atoms with Gasteiger partial charge in [0.2, 0.25) is 0 Å². The summed E-state index contributed by atoms with van der Waals surface area (Å²) in [5.74, 6) is -3.09. The first kappa shape index (κ1) is 18.6. The number of benzene rings is 1. The number of rotatable bonds is 6. The minimum absolute atomic E-state index is 0.0615. The number of alkyl halides is 4. The van der Waals surface area contributed by atoms with Crippen LogP contribution in [-0.2, 0) is 6.54 Å². The van der Waals surface area contributed by atoms with Gasteiger partial charge in [-0.1, -0.05) is 24.3 Å². The quantitative estimate of drug-likeness (QED) is 0.783. The Kier molecular flexibility index (Phi) is 5.70. The normalized spacial score (nSPS) is 20.3. The summed E-state index contributed by atoms with van der Waals surface area (Å²) < 4.78 is 54.1. The van der Waals surface area contributed by atoms with Gasteiger partial charge in [-0.25, -0.2) is 27.5 Å². The zero-order valence-corrected chi connectivity index (χ0v) is 14.1. The van der Waals surface area contributed by atoms with Gasteiger partial charge in [-0.05, 0) is 24.6 Å². The van der Waals surface area contributed by atoms with Gasteiger partial charge in [0.05, 0.1) is 6.54 Å². The molecular weight excluding hydrogens is 348 g/mol. The highest BCUT2D eigenvalue weighted by Gasteiger charge is 2.44. The van der Waals surface area contributed by atoms with Crippen LogP contribution in [-0.4, -0.2) is 40.4 Å². The molecule has 1 aliphatic heterocycles. The van der Waals surface area contributed by atoms with Gasteiger partial charge in [0.1, 0.15) is 12.1 Å². The Morgan fingerprint density at radius 1 is 1.19 bits per heavy atom. The average molecular weight is 368 g/mol. The van der Waals surface area contributed by atoms with Crippen molar-refractivity contribution in [2.75, 3.05) is 25.0 Å². The van der Waals surface area contributed by atoms with E-state index < -0.39 is 18.3 Å². The highest BCUT2D eigenvalue weighted by atomic mass is 19.3. The molecule has 1 N–H and O–H groups in total. The van der Waals surface area contributed by atoms with Crippen molar-refractivity contribution >= 4 is 5.82 Å². The van der Waals surface area contributed by atoms with Crippen molar-refractivity contribution in [3.8, 4) is 0 Å². The van der Waals surface area contributed by atoms with Crippen LogP contribution in [0, 0.1) is 5.92 Å². The lowest BCUT2D eigenvalue weighted by Crippen LogP contribution is -2.50. The van der Waals surface area contributed by atoms with Crippen molar-refractivity contribution in [2.45, 2.75) is 25.3 Å².